The van der Waals surface area contributed by atoms with Crippen LogP contribution in [0.2, 0.25) is 0 Å². The third kappa shape index (κ3) is 2.63. The van der Waals surface area contributed by atoms with Gasteiger partial charge in [0.1, 0.15) is 6.04 Å². The van der Waals surface area contributed by atoms with Crippen LogP contribution in [-0.4, -0.2) is 6.18 Å². The Bertz CT molecular complexity index is 280. The van der Waals surface area contributed by atoms with Crippen molar-refractivity contribution in [3.63, 3.8) is 0 Å². The molecule has 0 saturated heterocycles. The summed E-state index contributed by atoms with van der Waals surface area (Å²) in [6, 6.07) is 3.68. The van der Waals surface area contributed by atoms with Gasteiger partial charge in [-0.15, -0.1) is 12.6 Å². The third-order valence-corrected chi connectivity index (χ3v) is 1.90. The van der Waals surface area contributed by atoms with Crippen LogP contribution in [0.15, 0.2) is 29.2 Å². The van der Waals surface area contributed by atoms with E-state index in [1.807, 2.05) is 0 Å². The van der Waals surface area contributed by atoms with Crippen molar-refractivity contribution in [3.8, 4) is 0 Å². The van der Waals surface area contributed by atoms with Crippen LogP contribution in [-0.2, 0) is 0 Å². The van der Waals surface area contributed by atoms with E-state index < -0.39 is 12.2 Å². The summed E-state index contributed by atoms with van der Waals surface area (Å²) in [5.74, 6) is 0. The van der Waals surface area contributed by atoms with Crippen LogP contribution in [0, 0.1) is 0 Å². The monoisotopic (exact) mass is 207 g/mol. The average molecular weight is 207 g/mol. The molecule has 2 N–H and O–H groups in total. The molecule has 5 heteroatoms. The number of thiol groups is 1. The minimum atomic E-state index is -4.39. The van der Waals surface area contributed by atoms with Crippen LogP contribution in [0.25, 0.3) is 0 Å². The first-order valence-corrected chi connectivity index (χ1v) is 3.97. The molecular weight excluding hydrogens is 199 g/mol. The van der Waals surface area contributed by atoms with Crippen molar-refractivity contribution in [1.29, 1.82) is 0 Å². The molecule has 1 unspecified atom stereocenters. The van der Waals surface area contributed by atoms with Gasteiger partial charge in [-0.3, -0.25) is 0 Å². The normalized spacial score (nSPS) is 14.2. The Labute approximate surface area is 79.2 Å². The first-order valence-electron chi connectivity index (χ1n) is 3.52. The van der Waals surface area contributed by atoms with Crippen molar-refractivity contribution in [2.45, 2.75) is 17.1 Å². The van der Waals surface area contributed by atoms with Crippen LogP contribution in [0.5, 0.6) is 0 Å². The largest absolute Gasteiger partial charge is 0.407 e. The van der Waals surface area contributed by atoms with Crippen molar-refractivity contribution in [3.05, 3.63) is 29.8 Å². The van der Waals surface area contributed by atoms with E-state index in [0.717, 1.165) is 0 Å². The number of hydrogen-bond donors (Lipinski definition) is 2. The third-order valence-electron chi connectivity index (χ3n) is 1.60. The van der Waals surface area contributed by atoms with Crippen LogP contribution < -0.4 is 5.73 Å². The Hall–Kier alpha value is -0.680. The molecule has 0 radical (unpaired) electrons. The maximum Gasteiger partial charge on any atom is 0.407 e. The minimum absolute atomic E-state index is 0.0466. The van der Waals surface area contributed by atoms with Gasteiger partial charge < -0.3 is 5.73 Å². The molecule has 0 bridgehead atoms. The molecule has 0 aliphatic heterocycles. The summed E-state index contributed by atoms with van der Waals surface area (Å²) >= 11 is 3.95. The smallest absolute Gasteiger partial charge is 0.316 e. The molecule has 0 amide bonds. The lowest BCUT2D eigenvalue weighted by molar-refractivity contribution is -0.149. The number of benzene rings is 1. The van der Waals surface area contributed by atoms with Gasteiger partial charge in [0, 0.05) is 4.90 Å². The van der Waals surface area contributed by atoms with E-state index in [9.17, 15) is 13.2 Å². The van der Waals surface area contributed by atoms with Crippen molar-refractivity contribution >= 4 is 12.6 Å². The molecule has 0 heterocycles. The Morgan fingerprint density at radius 1 is 1.15 bits per heavy atom. The molecule has 0 spiro atoms. The van der Waals surface area contributed by atoms with Gasteiger partial charge >= 0.3 is 6.18 Å². The molecule has 0 aromatic heterocycles. The minimum Gasteiger partial charge on any atom is -0.316 e. The lowest BCUT2D eigenvalue weighted by atomic mass is 10.1. The fourth-order valence-electron chi connectivity index (χ4n) is 0.871. The summed E-state index contributed by atoms with van der Waals surface area (Å²) in [7, 11) is 0. The van der Waals surface area contributed by atoms with Crippen molar-refractivity contribution in [2.24, 2.45) is 5.73 Å². The van der Waals surface area contributed by atoms with Gasteiger partial charge in [-0.25, -0.2) is 0 Å². The fourth-order valence-corrected chi connectivity index (χ4v) is 1.02. The van der Waals surface area contributed by atoms with Gasteiger partial charge in [0.05, 0.1) is 0 Å². The predicted octanol–water partition coefficient (Wildman–Crippen LogP) is 2.54. The van der Waals surface area contributed by atoms with E-state index in [4.69, 9.17) is 5.73 Å². The number of rotatable bonds is 1. The van der Waals surface area contributed by atoms with Crippen molar-refractivity contribution < 1.29 is 13.2 Å². The summed E-state index contributed by atoms with van der Waals surface area (Å²) in [4.78, 5) is 0.609. The predicted molar refractivity (Wildman–Crippen MR) is 46.7 cm³/mol. The Balaban J connectivity index is 2.90. The quantitative estimate of drug-likeness (QED) is 0.680. The second-order valence-electron chi connectivity index (χ2n) is 2.61. The zero-order valence-electron chi connectivity index (χ0n) is 6.55. The number of hydrogen-bond acceptors (Lipinski definition) is 2. The number of alkyl halides is 3. The maximum absolute atomic E-state index is 12.1. The van der Waals surface area contributed by atoms with Crippen LogP contribution >= 0.6 is 12.6 Å². The SMILES string of the molecule is NC(c1ccc(S)cc1)C(F)(F)F. The van der Waals surface area contributed by atoms with Gasteiger partial charge in [0.15, 0.2) is 0 Å². The molecule has 1 rings (SSSR count). The Kier molecular flexibility index (Phi) is 2.87. The molecule has 0 aliphatic carbocycles. The lowest BCUT2D eigenvalue weighted by Crippen LogP contribution is -2.28. The molecule has 1 nitrogen and oxygen atoms in total. The molecule has 1 aromatic rings. The Morgan fingerprint density at radius 2 is 1.62 bits per heavy atom. The summed E-state index contributed by atoms with van der Waals surface area (Å²) in [5.41, 5.74) is 5.02. The fraction of sp³-hybridized carbons (Fsp3) is 0.250. The molecule has 72 valence electrons. The van der Waals surface area contributed by atoms with E-state index in [1.165, 1.54) is 24.3 Å². The first-order chi connectivity index (χ1) is 5.91. The average Bonchev–Trinajstić information content (AvgIpc) is 2.03. The van der Waals surface area contributed by atoms with Gasteiger partial charge in [0.25, 0.3) is 0 Å². The highest BCUT2D eigenvalue weighted by molar-refractivity contribution is 7.80. The summed E-state index contributed by atoms with van der Waals surface area (Å²) in [5, 5.41) is 0. The van der Waals surface area contributed by atoms with E-state index in [-0.39, 0.29) is 5.56 Å². The second kappa shape index (κ2) is 3.59. The molecular formula is C8H8F3NS. The highest BCUT2D eigenvalue weighted by atomic mass is 32.1. The zero-order chi connectivity index (χ0) is 10.1. The molecule has 0 saturated carbocycles. The standard InChI is InChI=1S/C8H8F3NS/c9-8(10,11)7(12)5-1-3-6(13)4-2-5/h1-4,7,13H,12H2. The highest BCUT2D eigenvalue weighted by Crippen LogP contribution is 2.30. The van der Waals surface area contributed by atoms with Crippen LogP contribution in [0.3, 0.4) is 0 Å². The topological polar surface area (TPSA) is 26.0 Å². The number of nitrogens with two attached hydrogens (primary N) is 1. The van der Waals surface area contributed by atoms with E-state index in [2.05, 4.69) is 12.6 Å². The van der Waals surface area contributed by atoms with Crippen LogP contribution in [0.1, 0.15) is 11.6 Å². The van der Waals surface area contributed by atoms with Gasteiger partial charge in [-0.1, -0.05) is 12.1 Å². The molecule has 1 atom stereocenters. The van der Waals surface area contributed by atoms with Gasteiger partial charge in [-0.2, -0.15) is 13.2 Å². The van der Waals surface area contributed by atoms with Crippen molar-refractivity contribution in [1.82, 2.24) is 0 Å². The van der Waals surface area contributed by atoms with E-state index in [1.54, 1.807) is 0 Å². The summed E-state index contributed by atoms with van der Waals surface area (Å²) in [6.45, 7) is 0. The lowest BCUT2D eigenvalue weighted by Gasteiger charge is -2.15. The van der Waals surface area contributed by atoms with Gasteiger partial charge in [-0.05, 0) is 17.7 Å². The van der Waals surface area contributed by atoms with Crippen LogP contribution in [0.4, 0.5) is 13.2 Å². The second-order valence-corrected chi connectivity index (χ2v) is 3.13. The maximum atomic E-state index is 12.1. The van der Waals surface area contributed by atoms with E-state index in [0.29, 0.717) is 4.90 Å². The van der Waals surface area contributed by atoms with E-state index >= 15 is 0 Å². The number of halogens is 3. The molecule has 13 heavy (non-hydrogen) atoms. The zero-order valence-corrected chi connectivity index (χ0v) is 7.44. The summed E-state index contributed by atoms with van der Waals surface area (Å²) < 4.78 is 36.3. The molecule has 0 fully saturated rings. The molecule has 0 aliphatic rings. The van der Waals surface area contributed by atoms with Crippen molar-refractivity contribution in [2.75, 3.05) is 0 Å². The highest BCUT2D eigenvalue weighted by Gasteiger charge is 2.37. The molecule has 1 aromatic carbocycles. The first kappa shape index (κ1) is 10.4. The van der Waals surface area contributed by atoms with Gasteiger partial charge in [0.2, 0.25) is 0 Å². The Morgan fingerprint density at radius 3 is 2.00 bits per heavy atom. The summed E-state index contributed by atoms with van der Waals surface area (Å²) in [6.07, 6.45) is -4.39.